The fourth-order valence-electron chi connectivity index (χ4n) is 2.17. The fourth-order valence-corrected chi connectivity index (χ4v) is 2.17. The molecule has 2 amide bonds. The third-order valence-corrected chi connectivity index (χ3v) is 3.33. The minimum atomic E-state index is -0.810. The molecule has 1 aliphatic heterocycles. The number of nitrogens with zero attached hydrogens (tertiary/aromatic N) is 1. The molecule has 5 nitrogen and oxygen atoms in total. The molecule has 2 aromatic carbocycles. The van der Waals surface area contributed by atoms with Gasteiger partial charge in [-0.3, -0.25) is 14.6 Å². The zero-order valence-electron chi connectivity index (χ0n) is 12.3. The van der Waals surface area contributed by atoms with Crippen LogP contribution in [-0.2, 0) is 9.59 Å². The summed E-state index contributed by atoms with van der Waals surface area (Å²) < 4.78 is 0. The highest BCUT2D eigenvalue weighted by Gasteiger charge is 2.21. The van der Waals surface area contributed by atoms with Gasteiger partial charge in [0.25, 0.3) is 5.91 Å². The van der Waals surface area contributed by atoms with Crippen LogP contribution in [0.25, 0.3) is 6.08 Å². The van der Waals surface area contributed by atoms with Crippen molar-refractivity contribution in [2.75, 3.05) is 5.32 Å². The number of amides is 2. The van der Waals surface area contributed by atoms with Crippen molar-refractivity contribution in [3.8, 4) is 0 Å². The first-order chi connectivity index (χ1) is 11.2. The van der Waals surface area contributed by atoms with Gasteiger partial charge in [0.05, 0.1) is 11.4 Å². The molecule has 2 N–H and O–H groups in total. The first kappa shape index (κ1) is 14.7. The zero-order chi connectivity index (χ0) is 16.1. The minimum Gasteiger partial charge on any atom is -0.336 e. The van der Waals surface area contributed by atoms with Crippen molar-refractivity contribution in [2.24, 2.45) is 4.99 Å². The van der Waals surface area contributed by atoms with Gasteiger partial charge in [0.1, 0.15) is 6.04 Å². The average Bonchev–Trinajstić information content (AvgIpc) is 2.73. The molecule has 3 rings (SSSR count). The van der Waals surface area contributed by atoms with Gasteiger partial charge in [-0.25, -0.2) is 0 Å². The topological polar surface area (TPSA) is 70.6 Å². The lowest BCUT2D eigenvalue weighted by Gasteiger charge is -2.11. The number of benzene rings is 2. The molecule has 0 spiro atoms. The Morgan fingerprint density at radius 3 is 2.65 bits per heavy atom. The standard InChI is InChI=1S/C18H15N3O2/c22-17(11-10-13-6-2-1-3-7-13)20-16-12-19-14-8-4-5-9-15(14)21-18(16)23/h1-12,16H,(H,20,22)(H,21,23)/b11-10-/t16-/m0/s1. The van der Waals surface area contributed by atoms with Crippen LogP contribution in [-0.4, -0.2) is 24.1 Å². The van der Waals surface area contributed by atoms with Crippen LogP contribution in [0.4, 0.5) is 11.4 Å². The first-order valence-corrected chi connectivity index (χ1v) is 7.20. The van der Waals surface area contributed by atoms with E-state index in [0.29, 0.717) is 11.4 Å². The Balaban J connectivity index is 1.67. The van der Waals surface area contributed by atoms with Gasteiger partial charge in [-0.15, -0.1) is 0 Å². The molecule has 1 aliphatic rings. The van der Waals surface area contributed by atoms with Crippen LogP contribution in [0.5, 0.6) is 0 Å². The van der Waals surface area contributed by atoms with Crippen LogP contribution in [0, 0.1) is 0 Å². The summed E-state index contributed by atoms with van der Waals surface area (Å²) in [6, 6.07) is 15.9. The van der Waals surface area contributed by atoms with E-state index in [1.807, 2.05) is 42.5 Å². The van der Waals surface area contributed by atoms with E-state index in [-0.39, 0.29) is 11.8 Å². The number of anilines is 1. The molecule has 0 aromatic heterocycles. The van der Waals surface area contributed by atoms with Gasteiger partial charge in [0.2, 0.25) is 5.91 Å². The van der Waals surface area contributed by atoms with E-state index in [0.717, 1.165) is 5.56 Å². The Kier molecular flexibility index (Phi) is 4.29. The number of carbonyl (C=O) groups is 2. The van der Waals surface area contributed by atoms with Crippen LogP contribution >= 0.6 is 0 Å². The van der Waals surface area contributed by atoms with Crippen molar-refractivity contribution in [1.82, 2.24) is 5.32 Å². The number of hydrogen-bond acceptors (Lipinski definition) is 3. The summed E-state index contributed by atoms with van der Waals surface area (Å²) in [4.78, 5) is 28.4. The van der Waals surface area contributed by atoms with Crippen molar-refractivity contribution >= 4 is 35.5 Å². The normalized spacial score (nSPS) is 16.5. The molecule has 0 unspecified atom stereocenters. The van der Waals surface area contributed by atoms with Gasteiger partial charge < -0.3 is 10.6 Å². The lowest BCUT2D eigenvalue weighted by molar-refractivity contribution is -0.122. The molecular formula is C18H15N3O2. The van der Waals surface area contributed by atoms with Crippen LogP contribution in [0.1, 0.15) is 5.56 Å². The third kappa shape index (κ3) is 3.71. The predicted molar refractivity (Wildman–Crippen MR) is 90.6 cm³/mol. The summed E-state index contributed by atoms with van der Waals surface area (Å²) in [6.07, 6.45) is 4.53. The first-order valence-electron chi connectivity index (χ1n) is 7.20. The lowest BCUT2D eigenvalue weighted by Crippen LogP contribution is -2.43. The van der Waals surface area contributed by atoms with Crippen molar-refractivity contribution in [1.29, 1.82) is 0 Å². The highest BCUT2D eigenvalue weighted by Crippen LogP contribution is 2.25. The van der Waals surface area contributed by atoms with E-state index in [9.17, 15) is 9.59 Å². The number of para-hydroxylation sites is 2. The molecule has 1 atom stereocenters. The highest BCUT2D eigenvalue weighted by atomic mass is 16.2. The molecule has 5 heteroatoms. The number of hydrogen-bond donors (Lipinski definition) is 2. The minimum absolute atomic E-state index is 0.319. The fraction of sp³-hybridized carbons (Fsp3) is 0.0556. The third-order valence-electron chi connectivity index (χ3n) is 3.33. The molecular weight excluding hydrogens is 290 g/mol. The second-order valence-corrected chi connectivity index (χ2v) is 5.01. The lowest BCUT2D eigenvalue weighted by atomic mass is 10.2. The summed E-state index contributed by atoms with van der Waals surface area (Å²) in [5.41, 5.74) is 2.21. The SMILES string of the molecule is O=C(/C=C\c1ccccc1)N[C@H]1C=Nc2ccccc2NC1=O. The second kappa shape index (κ2) is 6.70. The predicted octanol–water partition coefficient (Wildman–Crippen LogP) is 2.54. The summed E-state index contributed by atoms with van der Waals surface area (Å²) in [5.74, 6) is -0.674. The number of rotatable bonds is 3. The van der Waals surface area contributed by atoms with Crippen LogP contribution < -0.4 is 10.6 Å². The van der Waals surface area contributed by atoms with E-state index < -0.39 is 6.04 Å². The summed E-state index contributed by atoms with van der Waals surface area (Å²) in [7, 11) is 0. The Bertz CT molecular complexity index is 782. The summed E-state index contributed by atoms with van der Waals surface area (Å²) in [6.45, 7) is 0. The monoisotopic (exact) mass is 305 g/mol. The highest BCUT2D eigenvalue weighted by molar-refractivity contribution is 6.11. The zero-order valence-corrected chi connectivity index (χ0v) is 12.3. The maximum atomic E-state index is 12.1. The van der Waals surface area contributed by atoms with Crippen LogP contribution in [0.15, 0.2) is 65.7 Å². The van der Waals surface area contributed by atoms with Crippen molar-refractivity contribution < 1.29 is 9.59 Å². The van der Waals surface area contributed by atoms with Crippen molar-refractivity contribution in [3.05, 3.63) is 66.2 Å². The molecule has 2 aromatic rings. The Morgan fingerprint density at radius 2 is 1.83 bits per heavy atom. The smallest absolute Gasteiger partial charge is 0.252 e. The number of fused-ring (bicyclic) bond motifs is 1. The molecule has 23 heavy (non-hydrogen) atoms. The maximum absolute atomic E-state index is 12.1. The maximum Gasteiger partial charge on any atom is 0.252 e. The number of aliphatic imine (C=N–C) groups is 1. The molecule has 114 valence electrons. The Hall–Kier alpha value is -3.21. The number of carbonyl (C=O) groups excluding carboxylic acids is 2. The summed E-state index contributed by atoms with van der Waals surface area (Å²) in [5, 5.41) is 5.38. The van der Waals surface area contributed by atoms with Gasteiger partial charge in [0.15, 0.2) is 0 Å². The van der Waals surface area contributed by atoms with Gasteiger partial charge in [-0.05, 0) is 23.8 Å². The van der Waals surface area contributed by atoms with E-state index in [2.05, 4.69) is 15.6 Å². The van der Waals surface area contributed by atoms with Crippen LogP contribution in [0.2, 0.25) is 0 Å². The van der Waals surface area contributed by atoms with Gasteiger partial charge in [-0.1, -0.05) is 42.5 Å². The van der Waals surface area contributed by atoms with E-state index in [4.69, 9.17) is 0 Å². The van der Waals surface area contributed by atoms with E-state index in [1.54, 1.807) is 18.2 Å². The molecule has 0 saturated carbocycles. The van der Waals surface area contributed by atoms with Gasteiger partial charge in [-0.2, -0.15) is 0 Å². The second-order valence-electron chi connectivity index (χ2n) is 5.01. The van der Waals surface area contributed by atoms with Gasteiger partial charge in [0, 0.05) is 12.3 Å². The van der Waals surface area contributed by atoms with Crippen LogP contribution in [0.3, 0.4) is 0 Å². The molecule has 0 bridgehead atoms. The largest absolute Gasteiger partial charge is 0.336 e. The van der Waals surface area contributed by atoms with Gasteiger partial charge >= 0.3 is 0 Å². The van der Waals surface area contributed by atoms with E-state index >= 15 is 0 Å². The molecule has 1 heterocycles. The Morgan fingerprint density at radius 1 is 1.09 bits per heavy atom. The van der Waals surface area contributed by atoms with E-state index in [1.165, 1.54) is 12.3 Å². The quantitative estimate of drug-likeness (QED) is 0.856. The molecule has 0 radical (unpaired) electrons. The average molecular weight is 305 g/mol. The Labute approximate surface area is 133 Å². The van der Waals surface area contributed by atoms with Crippen molar-refractivity contribution in [3.63, 3.8) is 0 Å². The molecule has 0 saturated heterocycles. The number of nitrogens with one attached hydrogen (secondary N) is 2. The molecule has 0 fully saturated rings. The van der Waals surface area contributed by atoms with Crippen molar-refractivity contribution in [2.45, 2.75) is 6.04 Å². The molecule has 0 aliphatic carbocycles. The summed E-state index contributed by atoms with van der Waals surface area (Å²) >= 11 is 0.